The van der Waals surface area contributed by atoms with Crippen molar-refractivity contribution in [1.29, 1.82) is 0 Å². The monoisotopic (exact) mass is 208 g/mol. The molecular formula is C10H16N4O. The molecular weight excluding hydrogens is 192 g/mol. The molecule has 3 N–H and O–H groups in total. The predicted molar refractivity (Wildman–Crippen MR) is 55.9 cm³/mol. The number of aromatic nitrogens is 2. The second-order valence-corrected chi connectivity index (χ2v) is 3.91. The van der Waals surface area contributed by atoms with Gasteiger partial charge in [0.15, 0.2) is 0 Å². The molecule has 0 saturated carbocycles. The highest BCUT2D eigenvalue weighted by Gasteiger charge is 2.18. The van der Waals surface area contributed by atoms with E-state index in [-0.39, 0.29) is 12.5 Å². The van der Waals surface area contributed by atoms with Crippen LogP contribution in [0, 0.1) is 6.92 Å². The number of carbonyl (C=O) groups excluding carboxylic acids is 1. The lowest BCUT2D eigenvalue weighted by molar-refractivity contribution is -0.121. The van der Waals surface area contributed by atoms with Gasteiger partial charge in [-0.05, 0) is 32.6 Å². The average Bonchev–Trinajstić information content (AvgIpc) is 2.55. The minimum Gasteiger partial charge on any atom is -0.323 e. The predicted octanol–water partition coefficient (Wildman–Crippen LogP) is 0.0602. The van der Waals surface area contributed by atoms with Gasteiger partial charge in [0.25, 0.3) is 5.91 Å². The molecule has 0 aliphatic heterocycles. The Labute approximate surface area is 88.6 Å². The fourth-order valence-electron chi connectivity index (χ4n) is 2.13. The Hall–Kier alpha value is -1.36. The van der Waals surface area contributed by atoms with Crippen molar-refractivity contribution in [3.05, 3.63) is 17.2 Å². The molecule has 0 fully saturated rings. The summed E-state index contributed by atoms with van der Waals surface area (Å²) in [5.41, 5.74) is 4.52. The summed E-state index contributed by atoms with van der Waals surface area (Å²) in [6.07, 6.45) is 4.44. The number of nitrogens with zero attached hydrogens (tertiary/aromatic N) is 2. The van der Waals surface area contributed by atoms with Gasteiger partial charge in [-0.2, -0.15) is 0 Å². The molecule has 0 aromatic carbocycles. The molecule has 1 aliphatic rings. The largest absolute Gasteiger partial charge is 0.323 e. The quantitative estimate of drug-likeness (QED) is 0.410. The Morgan fingerprint density at radius 2 is 2.27 bits per heavy atom. The Morgan fingerprint density at radius 1 is 1.53 bits per heavy atom. The molecule has 1 aromatic heterocycles. The van der Waals surface area contributed by atoms with E-state index in [0.717, 1.165) is 24.4 Å². The topological polar surface area (TPSA) is 72.9 Å². The number of imidazole rings is 1. The van der Waals surface area contributed by atoms with Crippen LogP contribution in [0.5, 0.6) is 0 Å². The summed E-state index contributed by atoms with van der Waals surface area (Å²) >= 11 is 0. The number of amides is 1. The summed E-state index contributed by atoms with van der Waals surface area (Å²) in [6, 6.07) is 0. The van der Waals surface area contributed by atoms with Crippen LogP contribution in [0.3, 0.4) is 0 Å². The molecule has 15 heavy (non-hydrogen) atoms. The standard InChI is InChI=1S/C10H16N4O/c1-7-12-8-4-2-3-5-9(8)14(7)6-10(15)13-11/h2-6,11H2,1H3,(H,13,15). The first-order valence-corrected chi connectivity index (χ1v) is 5.26. The average molecular weight is 208 g/mol. The minimum absolute atomic E-state index is 0.177. The van der Waals surface area contributed by atoms with E-state index in [1.165, 1.54) is 18.5 Å². The Morgan fingerprint density at radius 3 is 3.00 bits per heavy atom. The van der Waals surface area contributed by atoms with Gasteiger partial charge in [-0.15, -0.1) is 0 Å². The van der Waals surface area contributed by atoms with Crippen molar-refractivity contribution in [2.45, 2.75) is 39.2 Å². The molecule has 1 aliphatic carbocycles. The molecule has 1 aromatic rings. The summed E-state index contributed by atoms with van der Waals surface area (Å²) in [7, 11) is 0. The number of fused-ring (bicyclic) bond motifs is 1. The van der Waals surface area contributed by atoms with Gasteiger partial charge >= 0.3 is 0 Å². The lowest BCUT2D eigenvalue weighted by atomic mass is 10.0. The number of nitrogens with two attached hydrogens (primary N) is 1. The van der Waals surface area contributed by atoms with Crippen molar-refractivity contribution in [3.63, 3.8) is 0 Å². The Bertz CT molecular complexity index is 383. The molecule has 1 amide bonds. The van der Waals surface area contributed by atoms with Crippen LogP contribution in [0.2, 0.25) is 0 Å². The summed E-state index contributed by atoms with van der Waals surface area (Å²) in [6.45, 7) is 2.22. The molecule has 2 rings (SSSR count). The molecule has 0 spiro atoms. The Balaban J connectivity index is 2.29. The zero-order chi connectivity index (χ0) is 10.8. The maximum atomic E-state index is 11.2. The molecule has 5 nitrogen and oxygen atoms in total. The number of hydrogen-bond acceptors (Lipinski definition) is 3. The van der Waals surface area contributed by atoms with E-state index in [4.69, 9.17) is 5.84 Å². The minimum atomic E-state index is -0.177. The molecule has 0 bridgehead atoms. The van der Waals surface area contributed by atoms with Crippen molar-refractivity contribution in [2.24, 2.45) is 5.84 Å². The molecule has 82 valence electrons. The third-order valence-electron chi connectivity index (χ3n) is 2.89. The number of hydrogen-bond donors (Lipinski definition) is 2. The smallest absolute Gasteiger partial charge is 0.253 e. The number of nitrogens with one attached hydrogen (secondary N) is 1. The molecule has 5 heteroatoms. The van der Waals surface area contributed by atoms with Crippen molar-refractivity contribution < 1.29 is 4.79 Å². The van der Waals surface area contributed by atoms with Crippen LogP contribution in [-0.4, -0.2) is 15.5 Å². The number of hydrazine groups is 1. The van der Waals surface area contributed by atoms with Gasteiger partial charge in [-0.1, -0.05) is 0 Å². The fourth-order valence-corrected chi connectivity index (χ4v) is 2.13. The maximum Gasteiger partial charge on any atom is 0.253 e. The number of carbonyl (C=O) groups is 1. The van der Waals surface area contributed by atoms with Crippen LogP contribution in [0.4, 0.5) is 0 Å². The fraction of sp³-hybridized carbons (Fsp3) is 0.600. The van der Waals surface area contributed by atoms with Crippen molar-refractivity contribution in [1.82, 2.24) is 15.0 Å². The van der Waals surface area contributed by atoms with E-state index >= 15 is 0 Å². The lowest BCUT2D eigenvalue weighted by Crippen LogP contribution is -2.34. The molecule has 0 unspecified atom stereocenters. The normalized spacial score (nSPS) is 14.8. The zero-order valence-corrected chi connectivity index (χ0v) is 8.92. The van der Waals surface area contributed by atoms with E-state index in [2.05, 4.69) is 10.4 Å². The van der Waals surface area contributed by atoms with E-state index in [1.54, 1.807) is 0 Å². The summed E-state index contributed by atoms with van der Waals surface area (Å²) in [5, 5.41) is 0. The van der Waals surface area contributed by atoms with Gasteiger partial charge in [-0.25, -0.2) is 10.8 Å². The van der Waals surface area contributed by atoms with Crippen molar-refractivity contribution in [3.8, 4) is 0 Å². The van der Waals surface area contributed by atoms with E-state index in [0.29, 0.717) is 0 Å². The van der Waals surface area contributed by atoms with Gasteiger partial charge in [0, 0.05) is 5.69 Å². The van der Waals surface area contributed by atoms with Crippen LogP contribution in [0.1, 0.15) is 30.1 Å². The highest BCUT2D eigenvalue weighted by atomic mass is 16.2. The molecule has 0 radical (unpaired) electrons. The first-order valence-electron chi connectivity index (χ1n) is 5.26. The third kappa shape index (κ3) is 1.87. The summed E-state index contributed by atoms with van der Waals surface area (Å²) < 4.78 is 1.97. The lowest BCUT2D eigenvalue weighted by Gasteiger charge is -2.13. The SMILES string of the molecule is Cc1nc2c(n1CC(=O)NN)CCCC2. The van der Waals surface area contributed by atoms with Crippen LogP contribution < -0.4 is 11.3 Å². The third-order valence-corrected chi connectivity index (χ3v) is 2.89. The van der Waals surface area contributed by atoms with Crippen LogP contribution in [0.25, 0.3) is 0 Å². The van der Waals surface area contributed by atoms with Gasteiger partial charge in [0.05, 0.1) is 5.69 Å². The van der Waals surface area contributed by atoms with Crippen LogP contribution >= 0.6 is 0 Å². The Kier molecular flexibility index (Phi) is 2.73. The van der Waals surface area contributed by atoms with Gasteiger partial charge in [0.1, 0.15) is 12.4 Å². The number of rotatable bonds is 2. The second-order valence-electron chi connectivity index (χ2n) is 3.91. The first-order chi connectivity index (χ1) is 7.22. The molecule has 1 heterocycles. The molecule has 0 saturated heterocycles. The van der Waals surface area contributed by atoms with Crippen LogP contribution in [-0.2, 0) is 24.2 Å². The summed E-state index contributed by atoms with van der Waals surface area (Å²) in [5.74, 6) is 5.81. The molecule has 0 atom stereocenters. The first kappa shape index (κ1) is 10.2. The van der Waals surface area contributed by atoms with Crippen molar-refractivity contribution in [2.75, 3.05) is 0 Å². The van der Waals surface area contributed by atoms with Gasteiger partial charge in [-0.3, -0.25) is 10.2 Å². The zero-order valence-electron chi connectivity index (χ0n) is 8.92. The van der Waals surface area contributed by atoms with Gasteiger partial charge < -0.3 is 4.57 Å². The van der Waals surface area contributed by atoms with E-state index < -0.39 is 0 Å². The highest BCUT2D eigenvalue weighted by molar-refractivity contribution is 5.75. The second kappa shape index (κ2) is 4.02. The highest BCUT2D eigenvalue weighted by Crippen LogP contribution is 2.21. The van der Waals surface area contributed by atoms with Crippen LogP contribution in [0.15, 0.2) is 0 Å². The number of aryl methyl sites for hydroxylation is 2. The van der Waals surface area contributed by atoms with E-state index in [9.17, 15) is 4.79 Å². The summed E-state index contributed by atoms with van der Waals surface area (Å²) in [4.78, 5) is 15.7. The maximum absolute atomic E-state index is 11.2. The van der Waals surface area contributed by atoms with Gasteiger partial charge in [0.2, 0.25) is 0 Å². The van der Waals surface area contributed by atoms with Crippen molar-refractivity contribution >= 4 is 5.91 Å². The van der Waals surface area contributed by atoms with E-state index in [1.807, 2.05) is 11.5 Å².